The molecule has 190 valence electrons. The topological polar surface area (TPSA) is 82.5 Å². The quantitative estimate of drug-likeness (QED) is 0.291. The number of hydrogen-bond acceptors (Lipinski definition) is 6. The number of para-hydroxylation sites is 1. The van der Waals surface area contributed by atoms with Crippen molar-refractivity contribution in [3.63, 3.8) is 0 Å². The van der Waals surface area contributed by atoms with Gasteiger partial charge in [-0.2, -0.15) is 0 Å². The third-order valence-electron chi connectivity index (χ3n) is 5.52. The van der Waals surface area contributed by atoms with E-state index in [1.54, 1.807) is 20.8 Å². The molecule has 0 aliphatic carbocycles. The highest BCUT2D eigenvalue weighted by molar-refractivity contribution is 5.71. The summed E-state index contributed by atoms with van der Waals surface area (Å²) in [4.78, 5) is 30.7. The maximum atomic E-state index is 13.5. The van der Waals surface area contributed by atoms with Crippen molar-refractivity contribution in [1.82, 2.24) is 9.55 Å². The van der Waals surface area contributed by atoms with Crippen LogP contribution in [0, 0.1) is 0 Å². The van der Waals surface area contributed by atoms with Gasteiger partial charge in [0, 0.05) is 11.6 Å². The summed E-state index contributed by atoms with van der Waals surface area (Å²) in [5.74, 6) is 1.37. The summed E-state index contributed by atoms with van der Waals surface area (Å²) in [5.41, 5.74) is 0.972. The Balaban J connectivity index is 1.57. The van der Waals surface area contributed by atoms with E-state index in [-0.39, 0.29) is 18.1 Å². The van der Waals surface area contributed by atoms with Gasteiger partial charge in [0.1, 0.15) is 35.2 Å². The molecule has 37 heavy (non-hydrogen) atoms. The van der Waals surface area contributed by atoms with E-state index in [9.17, 15) is 9.59 Å². The largest absolute Gasteiger partial charge is 0.459 e. The molecule has 0 aliphatic rings. The summed E-state index contributed by atoms with van der Waals surface area (Å²) < 4.78 is 12.7. The lowest BCUT2D eigenvalue weighted by molar-refractivity contribution is -0.155. The molecular formula is C30H31N3O4. The molecule has 1 unspecified atom stereocenters. The Morgan fingerprint density at radius 2 is 1.51 bits per heavy atom. The van der Waals surface area contributed by atoms with E-state index in [0.29, 0.717) is 11.5 Å². The molecule has 1 aromatic heterocycles. The first kappa shape index (κ1) is 25.7. The maximum Gasteiger partial charge on any atom is 0.326 e. The molecular weight excluding hydrogens is 466 g/mol. The molecule has 0 aliphatic heterocycles. The van der Waals surface area contributed by atoms with E-state index in [1.807, 2.05) is 91.9 Å². The van der Waals surface area contributed by atoms with Crippen molar-refractivity contribution >= 4 is 11.7 Å². The van der Waals surface area contributed by atoms with Crippen LogP contribution in [-0.2, 0) is 16.1 Å². The molecule has 0 saturated heterocycles. The first-order valence-corrected chi connectivity index (χ1v) is 12.2. The molecule has 1 N–H and O–H groups in total. The van der Waals surface area contributed by atoms with Gasteiger partial charge in [-0.05, 0) is 57.5 Å². The van der Waals surface area contributed by atoms with Crippen LogP contribution in [0.5, 0.6) is 11.5 Å². The summed E-state index contributed by atoms with van der Waals surface area (Å²) in [7, 11) is 0. The van der Waals surface area contributed by atoms with Crippen molar-refractivity contribution in [3.05, 3.63) is 107 Å². The molecule has 7 heteroatoms. The van der Waals surface area contributed by atoms with Gasteiger partial charge in [0.2, 0.25) is 0 Å². The van der Waals surface area contributed by atoms with Crippen molar-refractivity contribution in [1.29, 1.82) is 0 Å². The second-order valence-corrected chi connectivity index (χ2v) is 9.69. The molecule has 0 fully saturated rings. The number of hydrogen-bond donors (Lipinski definition) is 1. The number of nitrogens with one attached hydrogen (secondary N) is 1. The van der Waals surface area contributed by atoms with E-state index in [1.165, 1.54) is 10.8 Å². The second-order valence-electron chi connectivity index (χ2n) is 9.69. The second kappa shape index (κ2) is 11.1. The standard InChI is InChI=1S/C30H31N3O4/c1-21(22-15-17-25(18-16-22)36-24-13-9-6-10-14-24)32-26-19-31-28(23-11-7-5-8-12-23)33(29(26)35)20-27(34)37-30(2,3)4/h5-19,21,32H,20H2,1-4H3. The average molecular weight is 498 g/mol. The van der Waals surface area contributed by atoms with Gasteiger partial charge in [0.05, 0.1) is 6.20 Å². The lowest BCUT2D eigenvalue weighted by atomic mass is 10.1. The number of carbonyl (C=O) groups excluding carboxylic acids is 1. The van der Waals surface area contributed by atoms with Gasteiger partial charge in [0.15, 0.2) is 0 Å². The molecule has 1 atom stereocenters. The lowest BCUT2D eigenvalue weighted by Gasteiger charge is -2.21. The number of ether oxygens (including phenoxy) is 2. The summed E-state index contributed by atoms with van der Waals surface area (Å²) in [6, 6.07) is 26.3. The minimum Gasteiger partial charge on any atom is -0.459 e. The molecule has 0 bridgehead atoms. The number of rotatable bonds is 8. The predicted octanol–water partition coefficient (Wildman–Crippen LogP) is 6.22. The van der Waals surface area contributed by atoms with Crippen LogP contribution in [0.1, 0.15) is 39.3 Å². The molecule has 3 aromatic carbocycles. The number of carbonyl (C=O) groups is 1. The summed E-state index contributed by atoms with van der Waals surface area (Å²) >= 11 is 0. The van der Waals surface area contributed by atoms with Crippen LogP contribution >= 0.6 is 0 Å². The Labute approximate surface area is 216 Å². The van der Waals surface area contributed by atoms with Crippen molar-refractivity contribution in [2.75, 3.05) is 5.32 Å². The molecule has 0 spiro atoms. The molecule has 4 aromatic rings. The highest BCUT2D eigenvalue weighted by atomic mass is 16.6. The Morgan fingerprint density at radius 3 is 2.14 bits per heavy atom. The fourth-order valence-corrected chi connectivity index (χ4v) is 3.82. The Kier molecular flexibility index (Phi) is 7.72. The predicted molar refractivity (Wildman–Crippen MR) is 145 cm³/mol. The zero-order valence-electron chi connectivity index (χ0n) is 21.5. The van der Waals surface area contributed by atoms with Gasteiger partial charge >= 0.3 is 5.97 Å². The van der Waals surface area contributed by atoms with Gasteiger partial charge in [-0.15, -0.1) is 0 Å². The lowest BCUT2D eigenvalue weighted by Crippen LogP contribution is -2.33. The minimum absolute atomic E-state index is 0.196. The van der Waals surface area contributed by atoms with Gasteiger partial charge in [-0.25, -0.2) is 4.98 Å². The van der Waals surface area contributed by atoms with Gasteiger partial charge in [0.25, 0.3) is 5.56 Å². The highest BCUT2D eigenvalue weighted by Crippen LogP contribution is 2.25. The number of benzene rings is 3. The maximum absolute atomic E-state index is 13.5. The first-order valence-electron chi connectivity index (χ1n) is 12.2. The molecule has 0 amide bonds. The van der Waals surface area contributed by atoms with E-state index < -0.39 is 11.6 Å². The minimum atomic E-state index is -0.665. The molecule has 7 nitrogen and oxygen atoms in total. The zero-order chi connectivity index (χ0) is 26.4. The van der Waals surface area contributed by atoms with Crippen LogP contribution in [-0.4, -0.2) is 21.1 Å². The summed E-state index contributed by atoms with van der Waals surface area (Å²) in [6.45, 7) is 7.08. The van der Waals surface area contributed by atoms with Crippen molar-refractivity contribution in [2.45, 2.75) is 45.9 Å². The molecule has 0 radical (unpaired) electrons. The Bertz CT molecular complexity index is 1390. The number of aromatic nitrogens is 2. The van der Waals surface area contributed by atoms with E-state index in [4.69, 9.17) is 9.47 Å². The zero-order valence-corrected chi connectivity index (χ0v) is 21.5. The fourth-order valence-electron chi connectivity index (χ4n) is 3.82. The molecule has 4 rings (SSSR count). The molecule has 1 heterocycles. The van der Waals surface area contributed by atoms with Gasteiger partial charge in [-0.1, -0.05) is 60.7 Å². The van der Waals surface area contributed by atoms with Crippen molar-refractivity contribution in [3.8, 4) is 22.9 Å². The third kappa shape index (κ3) is 6.85. The summed E-state index contributed by atoms with van der Waals surface area (Å²) in [6.07, 6.45) is 1.51. The fraction of sp³-hybridized carbons (Fsp3) is 0.233. The Morgan fingerprint density at radius 1 is 0.919 bits per heavy atom. The van der Waals surface area contributed by atoms with Gasteiger partial charge in [-0.3, -0.25) is 14.2 Å². The van der Waals surface area contributed by atoms with E-state index in [0.717, 1.165) is 22.6 Å². The number of anilines is 1. The van der Waals surface area contributed by atoms with Crippen molar-refractivity contribution in [2.24, 2.45) is 0 Å². The average Bonchev–Trinajstić information content (AvgIpc) is 2.87. The third-order valence-corrected chi connectivity index (χ3v) is 5.52. The Hall–Kier alpha value is -4.39. The number of nitrogens with zero attached hydrogens (tertiary/aromatic N) is 2. The number of esters is 1. The summed E-state index contributed by atoms with van der Waals surface area (Å²) in [5, 5.41) is 3.25. The smallest absolute Gasteiger partial charge is 0.326 e. The van der Waals surface area contributed by atoms with E-state index in [2.05, 4.69) is 10.3 Å². The van der Waals surface area contributed by atoms with Crippen LogP contribution < -0.4 is 15.6 Å². The SMILES string of the molecule is CC(Nc1cnc(-c2ccccc2)n(CC(=O)OC(C)(C)C)c1=O)c1ccc(Oc2ccccc2)cc1. The monoisotopic (exact) mass is 497 g/mol. The van der Waals surface area contributed by atoms with Crippen LogP contribution in [0.25, 0.3) is 11.4 Å². The van der Waals surface area contributed by atoms with E-state index >= 15 is 0 Å². The van der Waals surface area contributed by atoms with Crippen LogP contribution in [0.4, 0.5) is 5.69 Å². The molecule has 0 saturated carbocycles. The van der Waals surface area contributed by atoms with Gasteiger partial charge < -0.3 is 14.8 Å². The van der Waals surface area contributed by atoms with Crippen LogP contribution in [0.15, 0.2) is 95.9 Å². The van der Waals surface area contributed by atoms with Crippen LogP contribution in [0.3, 0.4) is 0 Å². The normalized spacial score (nSPS) is 12.0. The highest BCUT2D eigenvalue weighted by Gasteiger charge is 2.21. The first-order chi connectivity index (χ1) is 17.7. The van der Waals surface area contributed by atoms with Crippen molar-refractivity contribution < 1.29 is 14.3 Å². The van der Waals surface area contributed by atoms with Crippen LogP contribution in [0.2, 0.25) is 0 Å².